The average molecular weight is 224 g/mol. The van der Waals surface area contributed by atoms with Gasteiger partial charge in [-0.25, -0.2) is 4.98 Å². The highest BCUT2D eigenvalue weighted by atomic mass is 16.5. The number of hydrogen-bond acceptors (Lipinski definition) is 4. The molecule has 0 aliphatic carbocycles. The van der Waals surface area contributed by atoms with Gasteiger partial charge in [0.25, 0.3) is 5.91 Å². The fourth-order valence-electron chi connectivity index (χ4n) is 1.29. The molecule has 1 atom stereocenters. The van der Waals surface area contributed by atoms with Crippen LogP contribution in [0.25, 0.3) is 0 Å². The predicted molar refractivity (Wildman–Crippen MR) is 59.4 cm³/mol. The molecule has 0 saturated carbocycles. The van der Waals surface area contributed by atoms with Crippen LogP contribution in [-0.2, 0) is 0 Å². The molecule has 0 radical (unpaired) electrons. The van der Waals surface area contributed by atoms with E-state index >= 15 is 0 Å². The maximum absolute atomic E-state index is 11.8. The summed E-state index contributed by atoms with van der Waals surface area (Å²) in [6.45, 7) is 1.88. The third kappa shape index (κ3) is 3.20. The first-order valence-electron chi connectivity index (χ1n) is 5.09. The van der Waals surface area contributed by atoms with E-state index in [-0.39, 0.29) is 18.6 Å². The van der Waals surface area contributed by atoms with Crippen molar-refractivity contribution in [3.8, 4) is 5.88 Å². The summed E-state index contributed by atoms with van der Waals surface area (Å²) in [6.07, 6.45) is 2.08. The van der Waals surface area contributed by atoms with Crippen LogP contribution in [0.2, 0.25) is 0 Å². The first kappa shape index (κ1) is 12.4. The second-order valence-corrected chi connectivity index (χ2v) is 3.45. The van der Waals surface area contributed by atoms with Crippen LogP contribution in [0, 0.1) is 0 Å². The van der Waals surface area contributed by atoms with E-state index in [0.29, 0.717) is 17.9 Å². The van der Waals surface area contributed by atoms with Gasteiger partial charge in [-0.3, -0.25) is 4.79 Å². The molecule has 1 rings (SSSR count). The van der Waals surface area contributed by atoms with Crippen LogP contribution in [0.15, 0.2) is 18.3 Å². The van der Waals surface area contributed by atoms with Gasteiger partial charge in [0, 0.05) is 18.8 Å². The lowest BCUT2D eigenvalue weighted by atomic mass is 10.2. The van der Waals surface area contributed by atoms with Crippen LogP contribution in [0.5, 0.6) is 5.88 Å². The Kier molecular flexibility index (Phi) is 4.72. The number of pyridine rings is 1. The smallest absolute Gasteiger partial charge is 0.256 e. The van der Waals surface area contributed by atoms with E-state index < -0.39 is 0 Å². The molecule has 0 aliphatic rings. The molecule has 5 heteroatoms. The minimum absolute atomic E-state index is 0.0472. The number of ether oxygens (including phenoxy) is 1. The summed E-state index contributed by atoms with van der Waals surface area (Å²) in [5.41, 5.74) is 0.398. The van der Waals surface area contributed by atoms with E-state index in [4.69, 9.17) is 9.84 Å². The summed E-state index contributed by atoms with van der Waals surface area (Å²) in [5, 5.41) is 11.5. The molecule has 0 bridgehead atoms. The minimum Gasteiger partial charge on any atom is -0.480 e. The maximum atomic E-state index is 11.8. The number of rotatable bonds is 5. The molecule has 1 amide bonds. The molecule has 0 aliphatic heterocycles. The highest BCUT2D eigenvalue weighted by Gasteiger charge is 2.14. The molecule has 5 nitrogen and oxygen atoms in total. The Morgan fingerprint density at radius 1 is 1.69 bits per heavy atom. The largest absolute Gasteiger partial charge is 0.480 e. The Balaban J connectivity index is 2.72. The number of carbonyl (C=O) groups excluding carboxylic acids is 1. The molecule has 0 spiro atoms. The van der Waals surface area contributed by atoms with Gasteiger partial charge in [-0.05, 0) is 25.5 Å². The van der Waals surface area contributed by atoms with Crippen molar-refractivity contribution in [2.75, 3.05) is 13.7 Å². The third-order valence-electron chi connectivity index (χ3n) is 2.15. The zero-order chi connectivity index (χ0) is 12.0. The van der Waals surface area contributed by atoms with Crippen molar-refractivity contribution in [2.24, 2.45) is 0 Å². The number of aliphatic hydroxyl groups is 1. The van der Waals surface area contributed by atoms with Gasteiger partial charge in [0.2, 0.25) is 5.88 Å². The lowest BCUT2D eigenvalue weighted by molar-refractivity contribution is 0.0930. The van der Waals surface area contributed by atoms with Crippen LogP contribution in [0.4, 0.5) is 0 Å². The van der Waals surface area contributed by atoms with Gasteiger partial charge in [-0.1, -0.05) is 0 Å². The highest BCUT2D eigenvalue weighted by molar-refractivity contribution is 5.96. The number of amides is 1. The van der Waals surface area contributed by atoms with Gasteiger partial charge in [0.15, 0.2) is 0 Å². The van der Waals surface area contributed by atoms with Gasteiger partial charge in [-0.15, -0.1) is 0 Å². The zero-order valence-electron chi connectivity index (χ0n) is 9.43. The number of carbonyl (C=O) groups is 1. The standard InChI is InChI=1S/C11H16N2O3/c1-8(5-7-14)13-10(15)9-4-3-6-12-11(9)16-2/h3-4,6,8,14H,5,7H2,1-2H3,(H,13,15). The summed E-state index contributed by atoms with van der Waals surface area (Å²) >= 11 is 0. The number of methoxy groups -OCH3 is 1. The average Bonchev–Trinajstić information content (AvgIpc) is 2.29. The Morgan fingerprint density at radius 3 is 3.06 bits per heavy atom. The Morgan fingerprint density at radius 2 is 2.44 bits per heavy atom. The van der Waals surface area contributed by atoms with E-state index in [2.05, 4.69) is 10.3 Å². The first-order valence-corrected chi connectivity index (χ1v) is 5.09. The molecule has 1 aromatic rings. The van der Waals surface area contributed by atoms with E-state index in [1.807, 2.05) is 6.92 Å². The first-order chi connectivity index (χ1) is 7.69. The van der Waals surface area contributed by atoms with Gasteiger partial charge < -0.3 is 15.2 Å². The fourth-order valence-corrected chi connectivity index (χ4v) is 1.29. The topological polar surface area (TPSA) is 71.5 Å². The Labute approximate surface area is 94.5 Å². The van der Waals surface area contributed by atoms with Crippen LogP contribution in [0.1, 0.15) is 23.7 Å². The van der Waals surface area contributed by atoms with E-state index in [1.54, 1.807) is 18.3 Å². The van der Waals surface area contributed by atoms with Crippen molar-refractivity contribution in [3.05, 3.63) is 23.9 Å². The molecule has 0 saturated heterocycles. The van der Waals surface area contributed by atoms with Crippen molar-refractivity contribution in [1.82, 2.24) is 10.3 Å². The second kappa shape index (κ2) is 6.07. The quantitative estimate of drug-likeness (QED) is 0.768. The number of aromatic nitrogens is 1. The van der Waals surface area contributed by atoms with E-state index in [9.17, 15) is 4.79 Å². The molecule has 16 heavy (non-hydrogen) atoms. The molecule has 1 aromatic heterocycles. The maximum Gasteiger partial charge on any atom is 0.256 e. The zero-order valence-corrected chi connectivity index (χ0v) is 9.43. The fraction of sp³-hybridized carbons (Fsp3) is 0.455. The third-order valence-corrected chi connectivity index (χ3v) is 2.15. The molecule has 88 valence electrons. The van der Waals surface area contributed by atoms with E-state index in [1.165, 1.54) is 7.11 Å². The Bertz CT molecular complexity index is 355. The SMILES string of the molecule is COc1ncccc1C(=O)NC(C)CCO. The van der Waals surface area contributed by atoms with Crippen LogP contribution in [0.3, 0.4) is 0 Å². The Hall–Kier alpha value is -1.62. The van der Waals surface area contributed by atoms with Crippen molar-refractivity contribution in [3.63, 3.8) is 0 Å². The van der Waals surface area contributed by atoms with Gasteiger partial charge in [-0.2, -0.15) is 0 Å². The molecule has 2 N–H and O–H groups in total. The number of nitrogens with zero attached hydrogens (tertiary/aromatic N) is 1. The predicted octanol–water partition coefficient (Wildman–Crippen LogP) is 0.591. The van der Waals surface area contributed by atoms with Crippen molar-refractivity contribution < 1.29 is 14.6 Å². The lowest BCUT2D eigenvalue weighted by Gasteiger charge is -2.13. The molecule has 0 fully saturated rings. The molecule has 1 heterocycles. The van der Waals surface area contributed by atoms with Crippen LogP contribution >= 0.6 is 0 Å². The van der Waals surface area contributed by atoms with Gasteiger partial charge in [0.05, 0.1) is 7.11 Å². The summed E-state index contributed by atoms with van der Waals surface area (Å²) in [5.74, 6) is 0.0575. The summed E-state index contributed by atoms with van der Waals surface area (Å²) in [4.78, 5) is 15.7. The molecule has 0 aromatic carbocycles. The number of hydrogen-bond donors (Lipinski definition) is 2. The van der Waals surface area contributed by atoms with E-state index in [0.717, 1.165) is 0 Å². The van der Waals surface area contributed by atoms with Crippen molar-refractivity contribution in [2.45, 2.75) is 19.4 Å². The van der Waals surface area contributed by atoms with Gasteiger partial charge in [0.1, 0.15) is 5.56 Å². The van der Waals surface area contributed by atoms with Crippen LogP contribution < -0.4 is 10.1 Å². The minimum atomic E-state index is -0.245. The van der Waals surface area contributed by atoms with Crippen molar-refractivity contribution in [1.29, 1.82) is 0 Å². The summed E-state index contributed by atoms with van der Waals surface area (Å²) in [6, 6.07) is 3.24. The normalized spacial score (nSPS) is 11.9. The highest BCUT2D eigenvalue weighted by Crippen LogP contribution is 2.13. The van der Waals surface area contributed by atoms with Gasteiger partial charge >= 0.3 is 0 Å². The summed E-state index contributed by atoms with van der Waals surface area (Å²) < 4.78 is 4.99. The molecular formula is C11H16N2O3. The number of aliphatic hydroxyl groups excluding tert-OH is 1. The summed E-state index contributed by atoms with van der Waals surface area (Å²) in [7, 11) is 1.47. The molecule has 1 unspecified atom stereocenters. The van der Waals surface area contributed by atoms with Crippen LogP contribution in [-0.4, -0.2) is 35.8 Å². The number of nitrogens with one attached hydrogen (secondary N) is 1. The monoisotopic (exact) mass is 224 g/mol. The van der Waals surface area contributed by atoms with Crippen molar-refractivity contribution >= 4 is 5.91 Å². The second-order valence-electron chi connectivity index (χ2n) is 3.45. The lowest BCUT2D eigenvalue weighted by Crippen LogP contribution is -2.33. The molecular weight excluding hydrogens is 208 g/mol.